The fraction of sp³-hybridized carbons (Fsp3) is 0.143. The zero-order chi connectivity index (χ0) is 16.3. The summed E-state index contributed by atoms with van der Waals surface area (Å²) < 4.78 is 17.0. The van der Waals surface area contributed by atoms with Crippen molar-refractivity contribution in [1.82, 2.24) is 0 Å². The van der Waals surface area contributed by atoms with Crippen LogP contribution in [0, 0.1) is 0 Å². The Morgan fingerprint density at radius 3 is 1.09 bits per heavy atom. The van der Waals surface area contributed by atoms with Crippen LogP contribution in [-0.4, -0.2) is 13.2 Å². The summed E-state index contributed by atoms with van der Waals surface area (Å²) in [6.45, 7) is 0.849. The van der Waals surface area contributed by atoms with Crippen molar-refractivity contribution in [2.75, 3.05) is 13.2 Å². The van der Waals surface area contributed by atoms with Crippen molar-refractivity contribution in [3.63, 3.8) is 0 Å². The van der Waals surface area contributed by atoms with Gasteiger partial charge >= 0.3 is 0 Å². The lowest BCUT2D eigenvalue weighted by Gasteiger charge is -2.13. The predicted octanol–water partition coefficient (Wildman–Crippen LogP) is 7.72. The third kappa shape index (κ3) is 5.21. The largest absolute Gasteiger partial charge is 0.488 e. The minimum atomic E-state index is 0.424. The van der Waals surface area contributed by atoms with Gasteiger partial charge in [0.05, 0.1) is 17.9 Å². The van der Waals surface area contributed by atoms with Gasteiger partial charge in [0.15, 0.2) is 0 Å². The average molecular weight is 700 g/mol. The zero-order valence-corrected chi connectivity index (χ0v) is 20.3. The second-order valence-electron chi connectivity index (χ2n) is 4.09. The predicted molar refractivity (Wildman–Crippen MR) is 110 cm³/mol. The van der Waals surface area contributed by atoms with Gasteiger partial charge in [-0.05, 0) is 88.0 Å². The highest BCUT2D eigenvalue weighted by Crippen LogP contribution is 2.37. The molecular formula is C14H8Br6O2. The number of rotatable bonds is 5. The van der Waals surface area contributed by atoms with E-state index in [0.717, 1.165) is 38.3 Å². The van der Waals surface area contributed by atoms with Crippen LogP contribution in [0.1, 0.15) is 0 Å². The second kappa shape index (κ2) is 8.85. The van der Waals surface area contributed by atoms with Crippen LogP contribution in [0.5, 0.6) is 11.5 Å². The summed E-state index contributed by atoms with van der Waals surface area (Å²) in [6.07, 6.45) is 0. The monoisotopic (exact) mass is 694 g/mol. The highest BCUT2D eigenvalue weighted by atomic mass is 79.9. The molecule has 0 heterocycles. The molecule has 2 aromatic carbocycles. The van der Waals surface area contributed by atoms with E-state index >= 15 is 0 Å². The fourth-order valence-corrected chi connectivity index (χ4v) is 6.60. The quantitative estimate of drug-likeness (QED) is 0.298. The maximum atomic E-state index is 5.77. The van der Waals surface area contributed by atoms with E-state index in [-0.39, 0.29) is 0 Å². The van der Waals surface area contributed by atoms with Gasteiger partial charge in [0.2, 0.25) is 0 Å². The Morgan fingerprint density at radius 1 is 0.545 bits per heavy atom. The standard InChI is InChI=1S/C14H8Br6O2/c15-7-3-9(17)13(10(18)4-7)21-1-2-22-14-11(19)5-8(16)6-12(14)20/h3-6H,1-2H2/i3+1,4+1,5+1,6+1,7+1,8+1,9+1,10+1,11+1,12+1,13+1,14+1. The molecule has 0 aliphatic carbocycles. The molecule has 0 saturated heterocycles. The molecule has 118 valence electrons. The summed E-state index contributed by atoms with van der Waals surface area (Å²) in [5, 5.41) is 0. The average Bonchev–Trinajstić information content (AvgIpc) is 2.38. The van der Waals surface area contributed by atoms with E-state index < -0.39 is 0 Å². The molecule has 0 amide bonds. The van der Waals surface area contributed by atoms with Crippen molar-refractivity contribution < 1.29 is 9.47 Å². The lowest BCUT2D eigenvalue weighted by molar-refractivity contribution is 0.214. The van der Waals surface area contributed by atoms with Gasteiger partial charge in [-0.25, -0.2) is 0 Å². The maximum Gasteiger partial charge on any atom is 0.147 e. The van der Waals surface area contributed by atoms with Crippen molar-refractivity contribution in [1.29, 1.82) is 0 Å². The topological polar surface area (TPSA) is 18.5 Å². The van der Waals surface area contributed by atoms with Crippen LogP contribution in [-0.2, 0) is 0 Å². The lowest BCUT2D eigenvalue weighted by atomic mass is 10.8. The first-order valence-electron chi connectivity index (χ1n) is 5.93. The molecule has 2 nitrogen and oxygen atoms in total. The number of hydrogen-bond donors (Lipinski definition) is 0. The third-order valence-corrected chi connectivity index (χ3v) is 5.77. The fourth-order valence-electron chi connectivity index (χ4n) is 1.62. The van der Waals surface area contributed by atoms with Crippen molar-refractivity contribution in [2.24, 2.45) is 0 Å². The number of ether oxygens (including phenoxy) is 2. The van der Waals surface area contributed by atoms with Gasteiger partial charge in [0.1, 0.15) is 24.7 Å². The Kier molecular flexibility index (Phi) is 7.74. The molecule has 0 aromatic heterocycles. The molecule has 0 aliphatic rings. The Bertz CT molecular complexity index is 584. The molecule has 2 rings (SSSR count). The van der Waals surface area contributed by atoms with Gasteiger partial charge in [0, 0.05) is 8.95 Å². The van der Waals surface area contributed by atoms with E-state index in [2.05, 4.69) is 95.6 Å². The highest BCUT2D eigenvalue weighted by Gasteiger charge is 2.10. The second-order valence-corrected chi connectivity index (χ2v) is 9.34. The molecule has 2 aromatic rings. The summed E-state index contributed by atoms with van der Waals surface area (Å²) in [7, 11) is 0. The molecule has 8 heteroatoms. The van der Waals surface area contributed by atoms with E-state index in [1.165, 1.54) is 0 Å². The van der Waals surface area contributed by atoms with E-state index in [0.29, 0.717) is 13.2 Å². The molecule has 0 bridgehead atoms. The van der Waals surface area contributed by atoms with Crippen molar-refractivity contribution in [3.8, 4) is 11.5 Å². The number of hydrogen-bond acceptors (Lipinski definition) is 2. The lowest BCUT2D eigenvalue weighted by Crippen LogP contribution is -2.10. The molecule has 0 saturated carbocycles. The molecule has 22 heavy (non-hydrogen) atoms. The maximum absolute atomic E-state index is 5.77. The Hall–Kier alpha value is 0.920. The molecule has 0 N–H and O–H groups in total. The van der Waals surface area contributed by atoms with Gasteiger partial charge in [-0.15, -0.1) is 0 Å². The molecule has 0 spiro atoms. The molecule has 0 fully saturated rings. The Morgan fingerprint density at radius 2 is 0.818 bits per heavy atom. The van der Waals surface area contributed by atoms with Crippen LogP contribution in [0.2, 0.25) is 0 Å². The number of halogens is 6. The molecule has 0 aliphatic heterocycles. The molecule has 0 atom stereocenters. The minimum Gasteiger partial charge on any atom is -0.488 e. The number of benzene rings is 2. The van der Waals surface area contributed by atoms with Crippen molar-refractivity contribution in [3.05, 3.63) is 51.1 Å². The van der Waals surface area contributed by atoms with Gasteiger partial charge in [-0.2, -0.15) is 0 Å². The van der Waals surface area contributed by atoms with Crippen molar-refractivity contribution >= 4 is 95.6 Å². The molecule has 0 unspecified atom stereocenters. The van der Waals surface area contributed by atoms with Gasteiger partial charge in [-0.3, -0.25) is 0 Å². The summed E-state index contributed by atoms with van der Waals surface area (Å²) >= 11 is 20.8. The van der Waals surface area contributed by atoms with Crippen LogP contribution in [0.3, 0.4) is 0 Å². The molecule has 0 radical (unpaired) electrons. The summed E-state index contributed by atoms with van der Waals surface area (Å²) in [6, 6.07) is 7.73. The van der Waals surface area contributed by atoms with E-state index in [9.17, 15) is 0 Å². The van der Waals surface area contributed by atoms with Crippen LogP contribution in [0.4, 0.5) is 0 Å². The normalized spacial score (nSPS) is 10.6. The first kappa shape index (κ1) is 19.2. The van der Waals surface area contributed by atoms with Crippen LogP contribution >= 0.6 is 95.6 Å². The Balaban J connectivity index is 1.96. The smallest absolute Gasteiger partial charge is 0.147 e. The van der Waals surface area contributed by atoms with E-state index in [4.69, 9.17) is 9.47 Å². The van der Waals surface area contributed by atoms with Crippen molar-refractivity contribution in [2.45, 2.75) is 0 Å². The summed E-state index contributed by atoms with van der Waals surface area (Å²) in [4.78, 5) is 0. The van der Waals surface area contributed by atoms with Crippen LogP contribution in [0.25, 0.3) is 0 Å². The minimum absolute atomic E-state index is 0.424. The Labute approximate surface area is 179 Å². The molecular weight excluding hydrogens is 691 g/mol. The summed E-state index contributed by atoms with van der Waals surface area (Å²) in [5.41, 5.74) is 0. The zero-order valence-electron chi connectivity index (χ0n) is 10.8. The first-order valence-corrected chi connectivity index (χ1v) is 10.7. The highest BCUT2D eigenvalue weighted by molar-refractivity contribution is 9.12. The SMILES string of the molecule is Br[13c]1[13cH][13c](Br)[13c](OCCO[13c]2[13c](Br)[13cH][13c](Br)[13cH][13c]2Br)[13c](Br)[13cH]1. The van der Waals surface area contributed by atoms with Gasteiger partial charge in [-0.1, -0.05) is 31.9 Å². The van der Waals surface area contributed by atoms with Crippen LogP contribution in [0.15, 0.2) is 51.1 Å². The van der Waals surface area contributed by atoms with E-state index in [1.807, 2.05) is 24.3 Å². The third-order valence-electron chi connectivity index (χ3n) is 2.50. The van der Waals surface area contributed by atoms with E-state index in [1.54, 1.807) is 0 Å². The van der Waals surface area contributed by atoms with Gasteiger partial charge in [0.25, 0.3) is 0 Å². The van der Waals surface area contributed by atoms with Crippen LogP contribution < -0.4 is 9.47 Å². The first-order chi connectivity index (χ1) is 10.4. The van der Waals surface area contributed by atoms with Gasteiger partial charge < -0.3 is 9.47 Å². The summed E-state index contributed by atoms with van der Waals surface area (Å²) in [5.74, 6) is 1.50.